The predicted octanol–water partition coefficient (Wildman–Crippen LogP) is 2.47. The number of terminal acetylenes is 1. The van der Waals surface area contributed by atoms with E-state index in [9.17, 15) is 4.79 Å². The van der Waals surface area contributed by atoms with Crippen LogP contribution in [0, 0.1) is 12.3 Å². The minimum absolute atomic E-state index is 0.0495. The number of nitrogens with zero attached hydrogens (tertiary/aromatic N) is 1. The van der Waals surface area contributed by atoms with E-state index in [0.717, 1.165) is 0 Å². The van der Waals surface area contributed by atoms with Crippen LogP contribution in [0.1, 0.15) is 5.56 Å². The summed E-state index contributed by atoms with van der Waals surface area (Å²) in [6, 6.07) is 4.69. The minimum Gasteiger partial charge on any atom is -0.425 e. The first kappa shape index (κ1) is 14.4. The molecule has 0 saturated heterocycles. The number of esters is 1. The first-order valence-electron chi connectivity index (χ1n) is 4.82. The molecule has 0 radical (unpaired) electrons. The monoisotopic (exact) mass is 285 g/mol. The molecule has 0 aromatic heterocycles. The highest BCUT2D eigenvalue weighted by atomic mass is 35.5. The third-order valence-corrected chi connectivity index (χ3v) is 2.17. The Balaban J connectivity index is 2.86. The summed E-state index contributed by atoms with van der Waals surface area (Å²) in [6.45, 7) is 0.0495. The second kappa shape index (κ2) is 7.59. The number of hydrogen-bond acceptors (Lipinski definition) is 4. The SMILES string of the molecule is C#CCON=Cc1cc(Cl)ccc1OC(=O)CCl. The standard InChI is InChI=1S/C12H9Cl2NO3/c1-2-5-17-15-8-9-6-10(14)3-4-11(9)18-12(16)7-13/h1,3-4,6,8H,5,7H2. The Bertz CT molecular complexity index is 495. The van der Waals surface area contributed by atoms with Gasteiger partial charge in [0.2, 0.25) is 0 Å². The Morgan fingerprint density at radius 3 is 3.00 bits per heavy atom. The maximum Gasteiger partial charge on any atom is 0.326 e. The first-order chi connectivity index (χ1) is 8.67. The van der Waals surface area contributed by atoms with Crippen molar-refractivity contribution in [1.82, 2.24) is 0 Å². The summed E-state index contributed by atoms with van der Waals surface area (Å²) in [5, 5.41) is 4.09. The molecule has 0 saturated carbocycles. The van der Waals surface area contributed by atoms with Crippen molar-refractivity contribution in [3.63, 3.8) is 0 Å². The van der Waals surface area contributed by atoms with Gasteiger partial charge in [-0.1, -0.05) is 22.7 Å². The summed E-state index contributed by atoms with van der Waals surface area (Å²) in [5.41, 5.74) is 0.484. The average Bonchev–Trinajstić information content (AvgIpc) is 2.37. The fourth-order valence-corrected chi connectivity index (χ4v) is 1.27. The van der Waals surface area contributed by atoms with Gasteiger partial charge in [0.25, 0.3) is 0 Å². The molecule has 94 valence electrons. The summed E-state index contributed by atoms with van der Waals surface area (Å²) in [6.07, 6.45) is 6.34. The third-order valence-electron chi connectivity index (χ3n) is 1.72. The summed E-state index contributed by atoms with van der Waals surface area (Å²) in [7, 11) is 0. The van der Waals surface area contributed by atoms with Gasteiger partial charge in [0.05, 0.1) is 6.21 Å². The Labute approximate surface area is 114 Å². The van der Waals surface area contributed by atoms with Gasteiger partial charge in [-0.05, 0) is 18.2 Å². The number of halogens is 2. The van der Waals surface area contributed by atoms with E-state index in [0.29, 0.717) is 10.6 Å². The zero-order valence-electron chi connectivity index (χ0n) is 9.23. The lowest BCUT2D eigenvalue weighted by molar-refractivity contribution is -0.131. The van der Waals surface area contributed by atoms with Crippen molar-refractivity contribution in [2.45, 2.75) is 0 Å². The number of hydrogen-bond donors (Lipinski definition) is 0. The predicted molar refractivity (Wildman–Crippen MR) is 70.2 cm³/mol. The van der Waals surface area contributed by atoms with Crippen molar-refractivity contribution in [1.29, 1.82) is 0 Å². The molecule has 0 N–H and O–H groups in total. The topological polar surface area (TPSA) is 47.9 Å². The molecule has 0 fully saturated rings. The lowest BCUT2D eigenvalue weighted by atomic mass is 10.2. The number of carbonyl (C=O) groups excluding carboxylic acids is 1. The van der Waals surface area contributed by atoms with E-state index in [1.165, 1.54) is 12.3 Å². The first-order valence-corrected chi connectivity index (χ1v) is 5.73. The Morgan fingerprint density at radius 1 is 1.56 bits per heavy atom. The molecule has 1 rings (SSSR count). The molecule has 1 aromatic rings. The van der Waals surface area contributed by atoms with Crippen molar-refractivity contribution < 1.29 is 14.4 Å². The van der Waals surface area contributed by atoms with E-state index in [1.54, 1.807) is 12.1 Å². The normalized spacial score (nSPS) is 10.1. The molecule has 0 aliphatic carbocycles. The van der Waals surface area contributed by atoms with Crippen molar-refractivity contribution >= 4 is 35.4 Å². The van der Waals surface area contributed by atoms with Crippen LogP contribution in [-0.4, -0.2) is 24.7 Å². The number of rotatable bonds is 5. The van der Waals surface area contributed by atoms with Gasteiger partial charge in [-0.3, -0.25) is 4.79 Å². The molecular weight excluding hydrogens is 277 g/mol. The molecule has 0 aliphatic heterocycles. The Kier molecular flexibility index (Phi) is 6.06. The summed E-state index contributed by atoms with van der Waals surface area (Å²) < 4.78 is 4.99. The minimum atomic E-state index is -0.571. The van der Waals surface area contributed by atoms with Gasteiger partial charge in [0.1, 0.15) is 11.6 Å². The van der Waals surface area contributed by atoms with Crippen LogP contribution in [0.25, 0.3) is 0 Å². The number of carbonyl (C=O) groups is 1. The molecule has 18 heavy (non-hydrogen) atoms. The maximum atomic E-state index is 11.1. The maximum absolute atomic E-state index is 11.1. The third kappa shape index (κ3) is 4.66. The van der Waals surface area contributed by atoms with E-state index in [2.05, 4.69) is 11.1 Å². The van der Waals surface area contributed by atoms with Gasteiger partial charge in [-0.2, -0.15) is 0 Å². The smallest absolute Gasteiger partial charge is 0.326 e. The Morgan fingerprint density at radius 2 is 2.33 bits per heavy atom. The number of alkyl halides is 1. The number of ether oxygens (including phenoxy) is 1. The highest BCUT2D eigenvalue weighted by Crippen LogP contribution is 2.21. The van der Waals surface area contributed by atoms with E-state index in [1.807, 2.05) is 0 Å². The summed E-state index contributed by atoms with van der Waals surface area (Å²) in [4.78, 5) is 15.8. The molecule has 0 aliphatic rings. The van der Waals surface area contributed by atoms with Gasteiger partial charge < -0.3 is 9.57 Å². The van der Waals surface area contributed by atoms with Gasteiger partial charge in [0, 0.05) is 10.6 Å². The van der Waals surface area contributed by atoms with Crippen molar-refractivity contribution in [3.8, 4) is 18.1 Å². The summed E-state index contributed by atoms with van der Waals surface area (Å²) in [5.74, 6) is 1.73. The molecule has 0 amide bonds. The van der Waals surface area contributed by atoms with Crippen LogP contribution in [0.3, 0.4) is 0 Å². The second-order valence-corrected chi connectivity index (χ2v) is 3.71. The molecule has 6 heteroatoms. The van der Waals surface area contributed by atoms with Gasteiger partial charge in [-0.25, -0.2) is 0 Å². The van der Waals surface area contributed by atoms with Crippen molar-refractivity contribution in [3.05, 3.63) is 28.8 Å². The second-order valence-electron chi connectivity index (χ2n) is 3.00. The zero-order chi connectivity index (χ0) is 13.4. The zero-order valence-corrected chi connectivity index (χ0v) is 10.7. The molecule has 0 spiro atoms. The quantitative estimate of drug-likeness (QED) is 0.159. The molecule has 0 heterocycles. The van der Waals surface area contributed by atoms with E-state index in [4.69, 9.17) is 39.2 Å². The highest BCUT2D eigenvalue weighted by Gasteiger charge is 2.07. The molecule has 0 bridgehead atoms. The van der Waals surface area contributed by atoms with Gasteiger partial charge in [-0.15, -0.1) is 18.0 Å². The number of oxime groups is 1. The van der Waals surface area contributed by atoms with E-state index in [-0.39, 0.29) is 18.2 Å². The van der Waals surface area contributed by atoms with Crippen LogP contribution in [-0.2, 0) is 9.63 Å². The van der Waals surface area contributed by atoms with Crippen LogP contribution in [0.15, 0.2) is 23.4 Å². The van der Waals surface area contributed by atoms with Crippen LogP contribution in [0.4, 0.5) is 0 Å². The molecule has 0 unspecified atom stereocenters. The molecule has 1 aromatic carbocycles. The van der Waals surface area contributed by atoms with Crippen LogP contribution >= 0.6 is 23.2 Å². The fraction of sp³-hybridized carbons (Fsp3) is 0.167. The van der Waals surface area contributed by atoms with Crippen molar-refractivity contribution in [2.24, 2.45) is 5.16 Å². The largest absolute Gasteiger partial charge is 0.425 e. The van der Waals surface area contributed by atoms with Gasteiger partial charge >= 0.3 is 5.97 Å². The molecule has 0 atom stereocenters. The lowest BCUT2D eigenvalue weighted by Crippen LogP contribution is -2.10. The van der Waals surface area contributed by atoms with Crippen LogP contribution < -0.4 is 4.74 Å². The van der Waals surface area contributed by atoms with E-state index >= 15 is 0 Å². The summed E-state index contributed by atoms with van der Waals surface area (Å²) >= 11 is 11.2. The lowest BCUT2D eigenvalue weighted by Gasteiger charge is -2.05. The van der Waals surface area contributed by atoms with E-state index < -0.39 is 5.97 Å². The van der Waals surface area contributed by atoms with Crippen LogP contribution in [0.2, 0.25) is 5.02 Å². The number of benzene rings is 1. The highest BCUT2D eigenvalue weighted by molar-refractivity contribution is 6.31. The Hall–Kier alpha value is -1.70. The average molecular weight is 286 g/mol. The van der Waals surface area contributed by atoms with Crippen LogP contribution in [0.5, 0.6) is 5.75 Å². The van der Waals surface area contributed by atoms with Crippen molar-refractivity contribution in [2.75, 3.05) is 12.5 Å². The van der Waals surface area contributed by atoms with Gasteiger partial charge in [0.15, 0.2) is 6.61 Å². The fourth-order valence-electron chi connectivity index (χ4n) is 1.03. The molecule has 4 nitrogen and oxygen atoms in total. The molecular formula is C12H9Cl2NO3.